The number of aromatic nitrogens is 1. The van der Waals surface area contributed by atoms with Gasteiger partial charge in [-0.3, -0.25) is 14.5 Å². The van der Waals surface area contributed by atoms with Crippen LogP contribution < -0.4 is 14.4 Å². The van der Waals surface area contributed by atoms with Crippen molar-refractivity contribution in [3.63, 3.8) is 0 Å². The summed E-state index contributed by atoms with van der Waals surface area (Å²) in [6, 6.07) is 13.1. The first kappa shape index (κ1) is 24.1. The summed E-state index contributed by atoms with van der Waals surface area (Å²) >= 11 is 0. The molecule has 1 amide bonds. The van der Waals surface area contributed by atoms with Crippen molar-refractivity contribution in [2.45, 2.75) is 39.2 Å². The lowest BCUT2D eigenvalue weighted by Crippen LogP contribution is -2.29. The Labute approximate surface area is 203 Å². The number of benzene rings is 2. The zero-order chi connectivity index (χ0) is 25.5. The van der Waals surface area contributed by atoms with E-state index in [1.54, 1.807) is 31.2 Å². The van der Waals surface area contributed by atoms with Crippen molar-refractivity contribution in [3.05, 3.63) is 76.6 Å². The molecule has 0 spiro atoms. The Hall–Kier alpha value is -4.07. The van der Waals surface area contributed by atoms with Gasteiger partial charge in [-0.05, 0) is 41.7 Å². The molecule has 1 saturated heterocycles. The maximum Gasteiger partial charge on any atom is 0.301 e. The molecule has 2 aromatic carbocycles. The number of rotatable bonds is 5. The number of aliphatic hydroxyl groups excluding tert-OH is 1. The van der Waals surface area contributed by atoms with Gasteiger partial charge >= 0.3 is 5.91 Å². The third kappa shape index (κ3) is 4.27. The SMILES string of the molecule is COc1ccc(C(O)=C2C(=O)C(=O)N(c3cc(C)on3)C2c2ccc(C(C)(C)C)cc2)cc1OC. The first-order valence-electron chi connectivity index (χ1n) is 11.1. The number of nitrogens with zero attached hydrogens (tertiary/aromatic N) is 2. The monoisotopic (exact) mass is 476 g/mol. The van der Waals surface area contributed by atoms with E-state index in [9.17, 15) is 14.7 Å². The van der Waals surface area contributed by atoms with Gasteiger partial charge in [-0.2, -0.15) is 0 Å². The number of ether oxygens (including phenoxy) is 2. The van der Waals surface area contributed by atoms with Crippen molar-refractivity contribution in [1.82, 2.24) is 5.16 Å². The molecule has 1 aliphatic rings. The van der Waals surface area contributed by atoms with Crippen molar-refractivity contribution < 1.29 is 28.7 Å². The molecule has 8 heteroatoms. The number of ketones is 1. The van der Waals surface area contributed by atoms with Gasteiger partial charge in [0.15, 0.2) is 17.3 Å². The number of Topliss-reactive ketones (excluding diaryl/α,β-unsaturated/α-hetero) is 1. The predicted molar refractivity (Wildman–Crippen MR) is 131 cm³/mol. The highest BCUT2D eigenvalue weighted by molar-refractivity contribution is 6.51. The molecule has 182 valence electrons. The summed E-state index contributed by atoms with van der Waals surface area (Å²) in [5, 5.41) is 15.3. The van der Waals surface area contributed by atoms with Crippen molar-refractivity contribution in [3.8, 4) is 11.5 Å². The molecular weight excluding hydrogens is 448 g/mol. The van der Waals surface area contributed by atoms with Crippen molar-refractivity contribution in [2.24, 2.45) is 0 Å². The van der Waals surface area contributed by atoms with Gasteiger partial charge in [0, 0.05) is 11.6 Å². The largest absolute Gasteiger partial charge is 0.507 e. The van der Waals surface area contributed by atoms with Gasteiger partial charge in [-0.15, -0.1) is 0 Å². The minimum Gasteiger partial charge on any atom is -0.507 e. The van der Waals surface area contributed by atoms with Gasteiger partial charge < -0.3 is 19.1 Å². The maximum absolute atomic E-state index is 13.3. The molecule has 1 aromatic heterocycles. The molecule has 3 aromatic rings. The lowest BCUT2D eigenvalue weighted by Gasteiger charge is -2.24. The van der Waals surface area contributed by atoms with E-state index in [0.717, 1.165) is 5.56 Å². The van der Waals surface area contributed by atoms with Crippen LogP contribution in [0.2, 0.25) is 0 Å². The highest BCUT2D eigenvalue weighted by Gasteiger charge is 2.48. The molecule has 1 fully saturated rings. The average Bonchev–Trinajstić information content (AvgIpc) is 3.38. The molecule has 35 heavy (non-hydrogen) atoms. The molecule has 1 aliphatic heterocycles. The van der Waals surface area contributed by atoms with Crippen LogP contribution in [0.3, 0.4) is 0 Å². The Bertz CT molecular complexity index is 1310. The van der Waals surface area contributed by atoms with Gasteiger partial charge in [0.1, 0.15) is 11.5 Å². The summed E-state index contributed by atoms with van der Waals surface area (Å²) in [6.45, 7) is 8.00. The average molecular weight is 477 g/mol. The molecule has 1 atom stereocenters. The third-order valence-electron chi connectivity index (χ3n) is 6.06. The zero-order valence-corrected chi connectivity index (χ0v) is 20.6. The van der Waals surface area contributed by atoms with E-state index in [1.807, 2.05) is 24.3 Å². The quantitative estimate of drug-likeness (QED) is 0.317. The topological polar surface area (TPSA) is 102 Å². The van der Waals surface area contributed by atoms with E-state index in [1.165, 1.54) is 19.1 Å². The smallest absolute Gasteiger partial charge is 0.301 e. The van der Waals surface area contributed by atoms with Gasteiger partial charge in [0.2, 0.25) is 0 Å². The molecule has 0 saturated carbocycles. The fourth-order valence-electron chi connectivity index (χ4n) is 4.16. The molecule has 1 N–H and O–H groups in total. The lowest BCUT2D eigenvalue weighted by atomic mass is 9.85. The van der Waals surface area contributed by atoms with Gasteiger partial charge in [0.25, 0.3) is 5.78 Å². The highest BCUT2D eigenvalue weighted by Crippen LogP contribution is 2.43. The highest BCUT2D eigenvalue weighted by atomic mass is 16.5. The molecule has 4 rings (SSSR count). The number of amides is 1. The summed E-state index contributed by atoms with van der Waals surface area (Å²) in [7, 11) is 2.98. The molecule has 8 nitrogen and oxygen atoms in total. The van der Waals surface area contributed by atoms with E-state index in [2.05, 4.69) is 25.9 Å². The van der Waals surface area contributed by atoms with Crippen molar-refractivity contribution in [1.29, 1.82) is 0 Å². The van der Waals surface area contributed by atoms with Gasteiger partial charge in [-0.25, -0.2) is 0 Å². The van der Waals surface area contributed by atoms with Crippen LogP contribution >= 0.6 is 0 Å². The lowest BCUT2D eigenvalue weighted by molar-refractivity contribution is -0.132. The van der Waals surface area contributed by atoms with Crippen LogP contribution in [0, 0.1) is 6.92 Å². The normalized spacial score (nSPS) is 17.7. The maximum atomic E-state index is 13.3. The first-order valence-corrected chi connectivity index (χ1v) is 11.1. The van der Waals surface area contributed by atoms with Crippen LogP contribution in [0.15, 0.2) is 58.6 Å². The molecule has 0 radical (unpaired) electrons. The second-order valence-electron chi connectivity index (χ2n) is 9.41. The number of anilines is 1. The van der Waals surface area contributed by atoms with Crippen LogP contribution in [0.25, 0.3) is 5.76 Å². The Morgan fingerprint density at radius 3 is 2.20 bits per heavy atom. The number of carbonyl (C=O) groups is 2. The van der Waals surface area contributed by atoms with E-state index in [4.69, 9.17) is 14.0 Å². The second-order valence-corrected chi connectivity index (χ2v) is 9.41. The minimum atomic E-state index is -0.901. The van der Waals surface area contributed by atoms with E-state index in [-0.39, 0.29) is 22.6 Å². The number of hydrogen-bond acceptors (Lipinski definition) is 7. The standard InChI is InChI=1S/C27H28N2O6/c1-15-13-21(28-35-15)29-23(16-7-10-18(11-8-16)27(2,3)4)22(25(31)26(29)32)24(30)17-9-12-19(33-5)20(14-17)34-6/h7-14,23,30H,1-6H3. The van der Waals surface area contributed by atoms with Crippen LogP contribution in [0.5, 0.6) is 11.5 Å². The fraction of sp³-hybridized carbons (Fsp3) is 0.296. The predicted octanol–water partition coefficient (Wildman–Crippen LogP) is 4.92. The Morgan fingerprint density at radius 2 is 1.66 bits per heavy atom. The fourth-order valence-corrected chi connectivity index (χ4v) is 4.16. The molecular formula is C27H28N2O6. The molecule has 1 unspecified atom stereocenters. The number of aliphatic hydroxyl groups is 1. The van der Waals surface area contributed by atoms with Crippen LogP contribution in [0.4, 0.5) is 5.82 Å². The first-order chi connectivity index (χ1) is 16.6. The Kier molecular flexibility index (Phi) is 6.15. The third-order valence-corrected chi connectivity index (χ3v) is 6.06. The Morgan fingerprint density at radius 1 is 1.00 bits per heavy atom. The van der Waals surface area contributed by atoms with Crippen LogP contribution in [-0.2, 0) is 15.0 Å². The van der Waals surface area contributed by atoms with Crippen LogP contribution in [-0.4, -0.2) is 36.2 Å². The second kappa shape index (κ2) is 8.94. The Balaban J connectivity index is 1.92. The van der Waals surface area contributed by atoms with Crippen molar-refractivity contribution >= 4 is 23.3 Å². The van der Waals surface area contributed by atoms with E-state index >= 15 is 0 Å². The summed E-state index contributed by atoms with van der Waals surface area (Å²) in [5.74, 6) is -0.407. The van der Waals surface area contributed by atoms with Gasteiger partial charge in [-0.1, -0.05) is 50.2 Å². The summed E-state index contributed by atoms with van der Waals surface area (Å²) < 4.78 is 15.8. The number of carbonyl (C=O) groups excluding carboxylic acids is 2. The summed E-state index contributed by atoms with van der Waals surface area (Å²) in [4.78, 5) is 27.7. The molecule has 0 aliphatic carbocycles. The minimum absolute atomic E-state index is 0.0496. The number of aryl methyl sites for hydroxylation is 1. The van der Waals surface area contributed by atoms with Gasteiger partial charge in [0.05, 0.1) is 25.8 Å². The number of hydrogen-bond donors (Lipinski definition) is 1. The van der Waals surface area contributed by atoms with Crippen molar-refractivity contribution in [2.75, 3.05) is 19.1 Å². The van der Waals surface area contributed by atoms with E-state index < -0.39 is 17.7 Å². The zero-order valence-electron chi connectivity index (χ0n) is 20.6. The van der Waals surface area contributed by atoms with Crippen LogP contribution in [0.1, 0.15) is 49.3 Å². The molecule has 2 heterocycles. The summed E-state index contributed by atoms with van der Waals surface area (Å²) in [6.07, 6.45) is 0. The molecule has 0 bridgehead atoms. The number of methoxy groups -OCH3 is 2. The van der Waals surface area contributed by atoms with E-state index in [0.29, 0.717) is 28.4 Å². The summed E-state index contributed by atoms with van der Waals surface area (Å²) in [5.41, 5.74) is 1.93.